The molecule has 5 heterocycles. The Morgan fingerprint density at radius 3 is 2.62 bits per heavy atom. The number of pyridine rings is 1. The number of nitrogens with zero attached hydrogens (tertiary/aromatic N) is 7. The van der Waals surface area contributed by atoms with Gasteiger partial charge < -0.3 is 20.6 Å². The Morgan fingerprint density at radius 1 is 1.15 bits per heavy atom. The lowest BCUT2D eigenvalue weighted by molar-refractivity contribution is -0.129. The Bertz CT molecular complexity index is 1590. The van der Waals surface area contributed by atoms with Crippen molar-refractivity contribution in [2.24, 2.45) is 11.8 Å². The summed E-state index contributed by atoms with van der Waals surface area (Å²) >= 11 is 1.54. The molecule has 40 heavy (non-hydrogen) atoms. The molecule has 1 saturated carbocycles. The molecule has 2 aliphatic rings. The summed E-state index contributed by atoms with van der Waals surface area (Å²) in [7, 11) is 0. The van der Waals surface area contributed by atoms with Gasteiger partial charge in [0.15, 0.2) is 5.01 Å². The molecule has 11 nitrogen and oxygen atoms in total. The Balaban J connectivity index is 1.26. The van der Waals surface area contributed by atoms with Crippen LogP contribution in [0.15, 0.2) is 36.7 Å². The Morgan fingerprint density at radius 2 is 1.93 bits per heavy atom. The van der Waals surface area contributed by atoms with Crippen molar-refractivity contribution in [2.45, 2.75) is 51.8 Å². The van der Waals surface area contributed by atoms with Gasteiger partial charge in [0.1, 0.15) is 12.2 Å². The lowest BCUT2D eigenvalue weighted by atomic mass is 9.92. The van der Waals surface area contributed by atoms with Crippen LogP contribution in [0.25, 0.3) is 27.5 Å². The number of hydrogen-bond donors (Lipinski definition) is 3. The maximum absolute atomic E-state index is 12.1. The molecular formula is C28H31N9O2S. The highest BCUT2D eigenvalue weighted by atomic mass is 32.1. The van der Waals surface area contributed by atoms with Crippen molar-refractivity contribution in [1.29, 1.82) is 5.26 Å². The molecule has 6 rings (SSSR count). The van der Waals surface area contributed by atoms with Crippen LogP contribution in [0.4, 0.5) is 10.8 Å². The topological polar surface area (TPSA) is 144 Å². The lowest BCUT2D eigenvalue weighted by Crippen LogP contribution is -2.54. The number of nitrogens with one attached hydrogen (secondary N) is 2. The van der Waals surface area contributed by atoms with Crippen LogP contribution in [0.2, 0.25) is 0 Å². The fourth-order valence-electron chi connectivity index (χ4n) is 5.80. The quantitative estimate of drug-likeness (QED) is 0.312. The van der Waals surface area contributed by atoms with Gasteiger partial charge in [0.2, 0.25) is 11.0 Å². The number of fused-ring (bicyclic) bond motifs is 3. The molecule has 12 heteroatoms. The average molecular weight is 558 g/mol. The summed E-state index contributed by atoms with van der Waals surface area (Å²) in [5.41, 5.74) is 4.71. The van der Waals surface area contributed by atoms with Gasteiger partial charge in [0, 0.05) is 37.1 Å². The maximum atomic E-state index is 12.1. The molecule has 206 valence electrons. The monoisotopic (exact) mass is 557 g/mol. The van der Waals surface area contributed by atoms with Crippen molar-refractivity contribution in [2.75, 3.05) is 23.3 Å². The number of hydrogen-bond acceptors (Lipinski definition) is 10. The van der Waals surface area contributed by atoms with Gasteiger partial charge in [0.05, 0.1) is 34.2 Å². The van der Waals surface area contributed by atoms with Crippen molar-refractivity contribution in [3.05, 3.63) is 42.2 Å². The third kappa shape index (κ3) is 4.87. The van der Waals surface area contributed by atoms with E-state index in [2.05, 4.69) is 50.7 Å². The van der Waals surface area contributed by atoms with Crippen molar-refractivity contribution in [1.82, 2.24) is 30.1 Å². The van der Waals surface area contributed by atoms with E-state index < -0.39 is 6.10 Å². The predicted molar refractivity (Wildman–Crippen MR) is 153 cm³/mol. The average Bonchev–Trinajstić information content (AvgIpc) is 3.64. The molecule has 1 aliphatic heterocycles. The summed E-state index contributed by atoms with van der Waals surface area (Å²) < 4.78 is 1.78. The molecule has 3 N–H and O–H groups in total. The fourth-order valence-corrected chi connectivity index (χ4v) is 6.69. The molecule has 1 saturated heterocycles. The van der Waals surface area contributed by atoms with E-state index in [4.69, 9.17) is 4.98 Å². The van der Waals surface area contributed by atoms with Gasteiger partial charge in [-0.05, 0) is 69.7 Å². The number of piperidine rings is 1. The van der Waals surface area contributed by atoms with E-state index in [1.54, 1.807) is 28.1 Å². The third-order valence-corrected chi connectivity index (χ3v) is 8.69. The minimum absolute atomic E-state index is 0.0930. The molecule has 2 bridgehead atoms. The Kier molecular flexibility index (Phi) is 6.85. The molecule has 0 aromatic carbocycles. The second-order valence-corrected chi connectivity index (χ2v) is 11.9. The molecule has 1 aliphatic carbocycles. The number of aliphatic hydroxyl groups is 1. The predicted octanol–water partition coefficient (Wildman–Crippen LogP) is 3.32. The minimum atomic E-state index is -0.999. The van der Waals surface area contributed by atoms with Crippen LogP contribution in [0, 0.1) is 23.2 Å². The molecule has 1 amide bonds. The first-order valence-electron chi connectivity index (χ1n) is 13.5. The van der Waals surface area contributed by atoms with Gasteiger partial charge in [-0.3, -0.25) is 9.78 Å². The van der Waals surface area contributed by atoms with Crippen molar-refractivity contribution in [3.63, 3.8) is 0 Å². The molecular weight excluding hydrogens is 526 g/mol. The zero-order valence-corrected chi connectivity index (χ0v) is 23.4. The van der Waals surface area contributed by atoms with Crippen molar-refractivity contribution >= 4 is 33.6 Å². The van der Waals surface area contributed by atoms with E-state index in [1.807, 2.05) is 24.4 Å². The zero-order chi connectivity index (χ0) is 28.0. The number of anilines is 2. The first kappa shape index (κ1) is 26.2. The van der Waals surface area contributed by atoms with E-state index in [-0.39, 0.29) is 18.0 Å². The molecule has 4 aromatic rings. The van der Waals surface area contributed by atoms with Crippen molar-refractivity contribution in [3.8, 4) is 28.0 Å². The third-order valence-electron chi connectivity index (χ3n) is 7.68. The first-order valence-corrected chi connectivity index (χ1v) is 14.3. The van der Waals surface area contributed by atoms with E-state index in [1.165, 1.54) is 6.92 Å². The molecule has 4 atom stereocenters. The second-order valence-electron chi connectivity index (χ2n) is 10.9. The van der Waals surface area contributed by atoms with E-state index in [0.717, 1.165) is 64.2 Å². The van der Waals surface area contributed by atoms with E-state index in [9.17, 15) is 15.2 Å². The highest BCUT2D eigenvalue weighted by molar-refractivity contribution is 7.18. The van der Waals surface area contributed by atoms with Crippen molar-refractivity contribution < 1.29 is 9.90 Å². The summed E-state index contributed by atoms with van der Waals surface area (Å²) in [5.74, 6) is 0.343. The van der Waals surface area contributed by atoms with Crippen LogP contribution in [0.5, 0.6) is 0 Å². The number of aromatic nitrogens is 5. The normalized spacial score (nSPS) is 21.0. The second kappa shape index (κ2) is 10.5. The number of rotatable bonds is 7. The van der Waals surface area contributed by atoms with Gasteiger partial charge in [0.25, 0.3) is 0 Å². The molecule has 0 unspecified atom stereocenters. The van der Waals surface area contributed by atoms with Gasteiger partial charge in [-0.1, -0.05) is 11.3 Å². The highest BCUT2D eigenvalue weighted by Crippen LogP contribution is 2.41. The van der Waals surface area contributed by atoms with Crippen LogP contribution in [-0.4, -0.2) is 67.1 Å². The number of nitriles is 1. The molecule has 2 fully saturated rings. The SMILES string of the molecule is CC(C)Nc1cc(-c2ccc3cc(C#N)cnn23)ncc1-c1nnc(N2C[C@H]3CC[C@@H](C2)[C@@H]3NC(=O)[C@@H](C)O)s1. The molecule has 0 spiro atoms. The number of amides is 1. The number of carbonyl (C=O) groups is 1. The smallest absolute Gasteiger partial charge is 0.248 e. The van der Waals surface area contributed by atoms with Crippen LogP contribution < -0.4 is 15.5 Å². The minimum Gasteiger partial charge on any atom is -0.384 e. The van der Waals surface area contributed by atoms with Crippen LogP contribution in [0.3, 0.4) is 0 Å². The lowest BCUT2D eigenvalue weighted by Gasteiger charge is -2.38. The summed E-state index contributed by atoms with van der Waals surface area (Å²) in [6.07, 6.45) is 4.48. The summed E-state index contributed by atoms with van der Waals surface area (Å²) in [6.45, 7) is 7.27. The summed E-state index contributed by atoms with van der Waals surface area (Å²) in [4.78, 5) is 19.2. The standard InChI is InChI=1S/C28H31N9O2S/c1-15(2)32-22-9-23(24-7-6-20-8-17(10-29)11-31-37(20)24)30-12-21(22)27-34-35-28(40-27)36-13-18-4-5-19(14-36)25(18)33-26(39)16(3)38/h6-9,11-12,15-16,18-19,25,38H,4-5,13-14H2,1-3H3,(H,30,32)(H,33,39)/t16-,18-,19+,25-/m1/s1. The van der Waals surface area contributed by atoms with E-state index >= 15 is 0 Å². The fraction of sp³-hybridized carbons (Fsp3) is 0.429. The summed E-state index contributed by atoms with van der Waals surface area (Å²) in [6, 6.07) is 10.1. The Hall–Kier alpha value is -4.08. The maximum Gasteiger partial charge on any atom is 0.248 e. The van der Waals surface area contributed by atoms with Crippen LogP contribution in [-0.2, 0) is 4.79 Å². The zero-order valence-electron chi connectivity index (χ0n) is 22.6. The number of aliphatic hydroxyl groups excluding tert-OH is 1. The highest BCUT2D eigenvalue weighted by Gasteiger charge is 2.43. The van der Waals surface area contributed by atoms with Crippen LogP contribution in [0.1, 0.15) is 39.2 Å². The largest absolute Gasteiger partial charge is 0.384 e. The van der Waals surface area contributed by atoms with Crippen LogP contribution >= 0.6 is 11.3 Å². The summed E-state index contributed by atoms with van der Waals surface area (Å²) in [5, 5.41) is 40.6. The van der Waals surface area contributed by atoms with Gasteiger partial charge in [-0.25, -0.2) is 4.52 Å². The molecule has 0 radical (unpaired) electrons. The van der Waals surface area contributed by atoms with Gasteiger partial charge in [-0.2, -0.15) is 10.4 Å². The van der Waals surface area contributed by atoms with E-state index in [0.29, 0.717) is 17.4 Å². The molecule has 4 aromatic heterocycles. The van der Waals surface area contributed by atoms with Gasteiger partial charge in [-0.15, -0.1) is 10.2 Å². The number of carbonyl (C=O) groups excluding carboxylic acids is 1. The first-order chi connectivity index (χ1) is 19.3. The Labute approximate surface area is 235 Å². The van der Waals surface area contributed by atoms with Gasteiger partial charge >= 0.3 is 0 Å².